The molecule has 33 heavy (non-hydrogen) atoms. The molecule has 3 aromatic rings. The fraction of sp³-hybridized carbons (Fsp3) is 0.407. The molecule has 0 aliphatic carbocycles. The van der Waals surface area contributed by atoms with E-state index in [0.717, 1.165) is 48.5 Å². The zero-order chi connectivity index (χ0) is 23.0. The average Bonchev–Trinajstić information content (AvgIpc) is 3.27. The standard InChI is InChI=1S/C27H33N3O3/c1-21-12-9-10-18-30(21)27-24(25(28-33-27)22-13-5-3-6-14-22)20-29(17-11-19-32-2)26(31)23-15-7-4-8-16-23/h3-8,13-16,21H,9-12,17-20H2,1-2H3/t21-/m1/s1. The number of benzene rings is 2. The fourth-order valence-corrected chi connectivity index (χ4v) is 4.50. The van der Waals surface area contributed by atoms with Crippen LogP contribution in [0.15, 0.2) is 65.2 Å². The smallest absolute Gasteiger partial charge is 0.254 e. The van der Waals surface area contributed by atoms with E-state index < -0.39 is 0 Å². The van der Waals surface area contributed by atoms with Gasteiger partial charge < -0.3 is 19.1 Å². The van der Waals surface area contributed by atoms with Crippen molar-refractivity contribution in [1.82, 2.24) is 10.1 Å². The van der Waals surface area contributed by atoms with Gasteiger partial charge in [-0.3, -0.25) is 4.79 Å². The molecule has 1 amide bonds. The highest BCUT2D eigenvalue weighted by Gasteiger charge is 2.29. The molecule has 0 bridgehead atoms. The normalized spacial score (nSPS) is 16.1. The first-order valence-corrected chi connectivity index (χ1v) is 11.8. The van der Waals surface area contributed by atoms with Gasteiger partial charge in [-0.1, -0.05) is 53.7 Å². The summed E-state index contributed by atoms with van der Waals surface area (Å²) in [7, 11) is 1.69. The molecule has 0 radical (unpaired) electrons. The number of amides is 1. The van der Waals surface area contributed by atoms with Gasteiger partial charge in [-0.25, -0.2) is 0 Å². The van der Waals surface area contributed by atoms with E-state index in [-0.39, 0.29) is 5.91 Å². The van der Waals surface area contributed by atoms with Crippen LogP contribution >= 0.6 is 0 Å². The van der Waals surface area contributed by atoms with Gasteiger partial charge in [0.05, 0.1) is 12.1 Å². The number of methoxy groups -OCH3 is 1. The average molecular weight is 448 g/mol. The molecule has 4 rings (SSSR count). The Morgan fingerprint density at radius 3 is 2.55 bits per heavy atom. The topological polar surface area (TPSA) is 58.8 Å². The summed E-state index contributed by atoms with van der Waals surface area (Å²) in [5.41, 5.74) is 3.45. The minimum absolute atomic E-state index is 0.00422. The van der Waals surface area contributed by atoms with E-state index in [2.05, 4.69) is 17.0 Å². The Morgan fingerprint density at radius 2 is 1.85 bits per heavy atom. The zero-order valence-corrected chi connectivity index (χ0v) is 19.6. The van der Waals surface area contributed by atoms with Crippen LogP contribution < -0.4 is 4.90 Å². The SMILES string of the molecule is COCCCN(Cc1c(-c2ccccc2)noc1N1CCCC[C@H]1C)C(=O)c1ccccc1. The number of piperidine rings is 1. The van der Waals surface area contributed by atoms with Gasteiger partial charge in [-0.05, 0) is 44.7 Å². The van der Waals surface area contributed by atoms with Crippen LogP contribution in [-0.2, 0) is 11.3 Å². The second kappa shape index (κ2) is 11.1. The number of aromatic nitrogens is 1. The summed E-state index contributed by atoms with van der Waals surface area (Å²) in [4.78, 5) is 17.7. The molecule has 1 aromatic heterocycles. The molecule has 1 aliphatic rings. The Bertz CT molecular complexity index is 1020. The quantitative estimate of drug-likeness (QED) is 0.411. The second-order valence-electron chi connectivity index (χ2n) is 8.66. The highest BCUT2D eigenvalue weighted by molar-refractivity contribution is 5.94. The van der Waals surface area contributed by atoms with Crippen LogP contribution in [0.5, 0.6) is 0 Å². The lowest BCUT2D eigenvalue weighted by Crippen LogP contribution is -2.38. The molecule has 1 saturated heterocycles. The third kappa shape index (κ3) is 5.45. The number of rotatable bonds is 9. The van der Waals surface area contributed by atoms with E-state index in [9.17, 15) is 4.79 Å². The van der Waals surface area contributed by atoms with Gasteiger partial charge in [-0.15, -0.1) is 0 Å². The van der Waals surface area contributed by atoms with Crippen LogP contribution in [0.4, 0.5) is 5.88 Å². The van der Waals surface area contributed by atoms with Crippen LogP contribution in [0, 0.1) is 0 Å². The summed E-state index contributed by atoms with van der Waals surface area (Å²) >= 11 is 0. The van der Waals surface area contributed by atoms with Crippen LogP contribution in [-0.4, -0.2) is 48.8 Å². The van der Waals surface area contributed by atoms with Gasteiger partial charge in [0.15, 0.2) is 0 Å². The van der Waals surface area contributed by atoms with Gasteiger partial charge in [-0.2, -0.15) is 0 Å². The molecule has 6 heteroatoms. The Hall–Kier alpha value is -3.12. The number of nitrogens with zero attached hydrogens (tertiary/aromatic N) is 3. The summed E-state index contributed by atoms with van der Waals surface area (Å²) < 4.78 is 11.2. The summed E-state index contributed by atoms with van der Waals surface area (Å²) in [6, 6.07) is 19.9. The molecule has 6 nitrogen and oxygen atoms in total. The number of hydrogen-bond donors (Lipinski definition) is 0. The molecule has 1 atom stereocenters. The molecule has 1 aliphatic heterocycles. The number of carbonyl (C=O) groups is 1. The van der Waals surface area contributed by atoms with Crippen molar-refractivity contribution in [2.45, 2.75) is 45.2 Å². The van der Waals surface area contributed by atoms with Crippen molar-refractivity contribution in [3.05, 3.63) is 71.8 Å². The van der Waals surface area contributed by atoms with Crippen LogP contribution in [0.3, 0.4) is 0 Å². The lowest BCUT2D eigenvalue weighted by atomic mass is 10.0. The molecule has 174 valence electrons. The maximum absolute atomic E-state index is 13.5. The van der Waals surface area contributed by atoms with Gasteiger partial charge in [0.2, 0.25) is 5.88 Å². The molecule has 0 N–H and O–H groups in total. The van der Waals surface area contributed by atoms with Crippen molar-refractivity contribution in [1.29, 1.82) is 0 Å². The first-order chi connectivity index (χ1) is 16.2. The highest BCUT2D eigenvalue weighted by Crippen LogP contribution is 2.35. The molecular weight excluding hydrogens is 414 g/mol. The monoisotopic (exact) mass is 447 g/mol. The number of anilines is 1. The summed E-state index contributed by atoms with van der Waals surface area (Å²) in [5.74, 6) is 0.795. The van der Waals surface area contributed by atoms with Gasteiger partial charge in [0, 0.05) is 44.0 Å². The van der Waals surface area contributed by atoms with Crippen LogP contribution in [0.1, 0.15) is 48.5 Å². The van der Waals surface area contributed by atoms with Crippen molar-refractivity contribution < 1.29 is 14.1 Å². The van der Waals surface area contributed by atoms with E-state index in [1.807, 2.05) is 65.6 Å². The van der Waals surface area contributed by atoms with E-state index in [4.69, 9.17) is 9.26 Å². The van der Waals surface area contributed by atoms with Crippen molar-refractivity contribution >= 4 is 11.8 Å². The Morgan fingerprint density at radius 1 is 1.12 bits per heavy atom. The molecule has 2 heterocycles. The van der Waals surface area contributed by atoms with Crippen molar-refractivity contribution in [3.63, 3.8) is 0 Å². The maximum atomic E-state index is 13.5. The van der Waals surface area contributed by atoms with Crippen molar-refractivity contribution in [2.75, 3.05) is 31.7 Å². The number of hydrogen-bond acceptors (Lipinski definition) is 5. The predicted molar refractivity (Wildman–Crippen MR) is 130 cm³/mol. The third-order valence-corrected chi connectivity index (χ3v) is 6.31. The van der Waals surface area contributed by atoms with Crippen molar-refractivity contribution in [2.24, 2.45) is 0 Å². The number of carbonyl (C=O) groups excluding carboxylic acids is 1. The summed E-state index contributed by atoms with van der Waals surface area (Å²) in [5, 5.41) is 4.50. The Labute approximate surface area is 196 Å². The summed E-state index contributed by atoms with van der Waals surface area (Å²) in [6.07, 6.45) is 4.24. The molecular formula is C27H33N3O3. The first-order valence-electron chi connectivity index (χ1n) is 11.8. The lowest BCUT2D eigenvalue weighted by Gasteiger charge is -2.34. The van der Waals surface area contributed by atoms with E-state index in [0.29, 0.717) is 31.3 Å². The third-order valence-electron chi connectivity index (χ3n) is 6.31. The van der Waals surface area contributed by atoms with E-state index in [1.54, 1.807) is 7.11 Å². The highest BCUT2D eigenvalue weighted by atomic mass is 16.5. The minimum atomic E-state index is 0.00422. The minimum Gasteiger partial charge on any atom is -0.385 e. The summed E-state index contributed by atoms with van der Waals surface area (Å²) in [6.45, 7) is 4.80. The van der Waals surface area contributed by atoms with E-state index >= 15 is 0 Å². The van der Waals surface area contributed by atoms with Gasteiger partial charge in [0.1, 0.15) is 5.69 Å². The van der Waals surface area contributed by atoms with Crippen molar-refractivity contribution in [3.8, 4) is 11.3 Å². The molecule has 0 saturated carbocycles. The van der Waals surface area contributed by atoms with Gasteiger partial charge >= 0.3 is 0 Å². The Balaban J connectivity index is 1.71. The predicted octanol–water partition coefficient (Wildman–Crippen LogP) is 5.40. The van der Waals surface area contributed by atoms with Crippen LogP contribution in [0.25, 0.3) is 11.3 Å². The largest absolute Gasteiger partial charge is 0.385 e. The van der Waals surface area contributed by atoms with Gasteiger partial charge in [0.25, 0.3) is 5.91 Å². The lowest BCUT2D eigenvalue weighted by molar-refractivity contribution is 0.0724. The van der Waals surface area contributed by atoms with E-state index in [1.165, 1.54) is 6.42 Å². The molecule has 0 spiro atoms. The Kier molecular flexibility index (Phi) is 7.79. The molecule has 1 fully saturated rings. The molecule has 0 unspecified atom stereocenters. The number of ether oxygens (including phenoxy) is 1. The first kappa shape index (κ1) is 23.1. The maximum Gasteiger partial charge on any atom is 0.254 e. The second-order valence-corrected chi connectivity index (χ2v) is 8.66. The fourth-order valence-electron chi connectivity index (χ4n) is 4.50. The van der Waals surface area contributed by atoms with Crippen LogP contribution in [0.2, 0.25) is 0 Å². The molecule has 2 aromatic carbocycles. The zero-order valence-electron chi connectivity index (χ0n) is 19.6.